The van der Waals surface area contributed by atoms with Crippen LogP contribution in [0.3, 0.4) is 0 Å². The zero-order valence-corrected chi connectivity index (χ0v) is 19.4. The maximum absolute atomic E-state index is 12.4. The van der Waals surface area contributed by atoms with E-state index >= 15 is 0 Å². The SMILES string of the molecule is C=N/C(=C\C=C(/C)c1cncc(OCC)n1)C(=O)NCc1cc(NS(=O)(=O)C2CC2)sn1. The van der Waals surface area contributed by atoms with Gasteiger partial charge in [0.25, 0.3) is 5.91 Å². The van der Waals surface area contributed by atoms with E-state index in [1.807, 2.05) is 13.8 Å². The normalized spacial score (nSPS) is 14.7. The maximum Gasteiger partial charge on any atom is 0.270 e. The topological polar surface area (TPSA) is 136 Å². The first-order chi connectivity index (χ1) is 15.3. The van der Waals surface area contributed by atoms with E-state index < -0.39 is 15.9 Å². The number of sulfonamides is 1. The molecule has 0 aliphatic heterocycles. The van der Waals surface area contributed by atoms with Crippen LogP contribution in [0, 0.1) is 0 Å². The molecule has 0 radical (unpaired) electrons. The van der Waals surface area contributed by atoms with Crippen molar-refractivity contribution in [3.05, 3.63) is 47.7 Å². The molecule has 1 fully saturated rings. The zero-order valence-electron chi connectivity index (χ0n) is 17.7. The molecule has 0 atom stereocenters. The zero-order chi connectivity index (χ0) is 23.1. The molecule has 0 aromatic carbocycles. The molecule has 0 unspecified atom stereocenters. The number of nitrogens with one attached hydrogen (secondary N) is 2. The Morgan fingerprint density at radius 1 is 1.38 bits per heavy atom. The standard InChI is InChI=1S/C20H24N6O4S2/c1-4-30-18-12-22-11-17(24-18)13(2)5-8-16(21-3)20(27)23-10-14-9-19(31-25-14)26-32(28,29)15-6-7-15/h5,8-9,11-12,15,26H,3-4,6-7,10H2,1-2H3,(H,23,27)/b13-5+,16-8-. The largest absolute Gasteiger partial charge is 0.477 e. The van der Waals surface area contributed by atoms with Crippen molar-refractivity contribution < 1.29 is 17.9 Å². The first-order valence-corrected chi connectivity index (χ1v) is 12.2. The molecule has 32 heavy (non-hydrogen) atoms. The summed E-state index contributed by atoms with van der Waals surface area (Å²) < 4.78 is 36.0. The monoisotopic (exact) mass is 476 g/mol. The van der Waals surface area contributed by atoms with Crippen LogP contribution in [0.4, 0.5) is 5.00 Å². The highest BCUT2D eigenvalue weighted by atomic mass is 32.2. The van der Waals surface area contributed by atoms with Crippen LogP contribution in [0.25, 0.3) is 5.57 Å². The Bertz CT molecular complexity index is 1150. The van der Waals surface area contributed by atoms with Gasteiger partial charge in [0.05, 0.1) is 42.2 Å². The first-order valence-electron chi connectivity index (χ1n) is 9.88. The third-order valence-electron chi connectivity index (χ3n) is 4.40. The minimum atomic E-state index is -3.34. The highest BCUT2D eigenvalue weighted by Gasteiger charge is 2.36. The van der Waals surface area contributed by atoms with Crippen molar-refractivity contribution in [2.45, 2.75) is 38.5 Å². The van der Waals surface area contributed by atoms with Gasteiger partial charge < -0.3 is 10.1 Å². The number of amides is 1. The minimum Gasteiger partial charge on any atom is -0.477 e. The molecule has 3 rings (SSSR count). The predicted molar refractivity (Wildman–Crippen MR) is 124 cm³/mol. The van der Waals surface area contributed by atoms with Crippen molar-refractivity contribution in [3.8, 4) is 5.88 Å². The van der Waals surface area contributed by atoms with Crippen molar-refractivity contribution in [2.75, 3.05) is 11.3 Å². The van der Waals surface area contributed by atoms with Crippen molar-refractivity contribution in [3.63, 3.8) is 0 Å². The smallest absolute Gasteiger partial charge is 0.270 e. The van der Waals surface area contributed by atoms with Gasteiger partial charge in [0.2, 0.25) is 15.9 Å². The van der Waals surface area contributed by atoms with Crippen LogP contribution in [-0.2, 0) is 21.4 Å². The van der Waals surface area contributed by atoms with Crippen LogP contribution in [0.1, 0.15) is 38.1 Å². The Labute approximate surface area is 190 Å². The molecule has 1 aliphatic rings. The van der Waals surface area contributed by atoms with E-state index in [4.69, 9.17) is 4.74 Å². The van der Waals surface area contributed by atoms with Crippen molar-refractivity contribution in [1.82, 2.24) is 19.7 Å². The summed E-state index contributed by atoms with van der Waals surface area (Å²) in [6.45, 7) is 7.74. The van der Waals surface area contributed by atoms with Crippen molar-refractivity contribution in [1.29, 1.82) is 0 Å². The Balaban J connectivity index is 1.59. The molecule has 1 saturated carbocycles. The molecule has 2 N–H and O–H groups in total. The fraction of sp³-hybridized carbons (Fsp3) is 0.350. The summed E-state index contributed by atoms with van der Waals surface area (Å²) in [5.74, 6) is -0.0186. The van der Waals surface area contributed by atoms with E-state index in [1.165, 1.54) is 12.3 Å². The third kappa shape index (κ3) is 6.44. The predicted octanol–water partition coefficient (Wildman–Crippen LogP) is 2.54. The number of nitrogens with zero attached hydrogens (tertiary/aromatic N) is 4. The number of carbonyl (C=O) groups excluding carboxylic acids is 1. The van der Waals surface area contributed by atoms with E-state index in [9.17, 15) is 13.2 Å². The highest BCUT2D eigenvalue weighted by molar-refractivity contribution is 7.93. The van der Waals surface area contributed by atoms with Crippen LogP contribution < -0.4 is 14.8 Å². The number of aliphatic imine (C=N–C) groups is 1. The second-order valence-corrected chi connectivity index (χ2v) is 9.71. The molecule has 0 saturated heterocycles. The average molecular weight is 477 g/mol. The molecular formula is C20H24N6O4S2. The quantitative estimate of drug-likeness (QED) is 0.289. The van der Waals surface area contributed by atoms with E-state index in [0.717, 1.165) is 17.1 Å². The highest BCUT2D eigenvalue weighted by Crippen LogP contribution is 2.30. The maximum atomic E-state index is 12.4. The lowest BCUT2D eigenvalue weighted by molar-refractivity contribution is -0.117. The van der Waals surface area contributed by atoms with Crippen LogP contribution in [-0.4, -0.2) is 47.2 Å². The van der Waals surface area contributed by atoms with Gasteiger partial charge in [0.1, 0.15) is 10.7 Å². The van der Waals surface area contributed by atoms with Gasteiger partial charge in [-0.25, -0.2) is 13.4 Å². The number of aromatic nitrogens is 3. The molecule has 10 nitrogen and oxygen atoms in total. The van der Waals surface area contributed by atoms with Gasteiger partial charge in [0, 0.05) is 0 Å². The number of hydrogen-bond acceptors (Lipinski definition) is 9. The van der Waals surface area contributed by atoms with Gasteiger partial charge >= 0.3 is 0 Å². The van der Waals surface area contributed by atoms with E-state index in [0.29, 0.717) is 41.7 Å². The van der Waals surface area contributed by atoms with Crippen molar-refractivity contribution >= 4 is 44.8 Å². The summed E-state index contributed by atoms with van der Waals surface area (Å²) in [4.78, 5) is 24.7. The lowest BCUT2D eigenvalue weighted by Gasteiger charge is -2.05. The fourth-order valence-electron chi connectivity index (χ4n) is 2.55. The van der Waals surface area contributed by atoms with Crippen LogP contribution in [0.2, 0.25) is 0 Å². The van der Waals surface area contributed by atoms with E-state index in [-0.39, 0.29) is 17.5 Å². The van der Waals surface area contributed by atoms with E-state index in [2.05, 4.69) is 36.1 Å². The Morgan fingerprint density at radius 2 is 2.16 bits per heavy atom. The van der Waals surface area contributed by atoms with Gasteiger partial charge in [-0.15, -0.1) is 0 Å². The second-order valence-electron chi connectivity index (χ2n) is 6.95. The number of ether oxygens (including phenoxy) is 1. The van der Waals surface area contributed by atoms with Gasteiger partial charge in [-0.05, 0) is 62.7 Å². The molecule has 2 heterocycles. The summed E-state index contributed by atoms with van der Waals surface area (Å²) in [5.41, 5.74) is 2.03. The van der Waals surface area contributed by atoms with Gasteiger partial charge in [-0.2, -0.15) is 4.37 Å². The molecule has 0 bridgehead atoms. The lowest BCUT2D eigenvalue weighted by Crippen LogP contribution is -2.24. The number of allylic oxidation sites excluding steroid dienone is 3. The lowest BCUT2D eigenvalue weighted by atomic mass is 10.2. The molecule has 2 aromatic rings. The first kappa shape index (κ1) is 23.5. The van der Waals surface area contributed by atoms with Gasteiger partial charge in [-0.3, -0.25) is 19.5 Å². The number of hydrogen-bond donors (Lipinski definition) is 2. The number of carbonyl (C=O) groups is 1. The molecule has 12 heteroatoms. The van der Waals surface area contributed by atoms with Crippen molar-refractivity contribution in [2.24, 2.45) is 4.99 Å². The fourth-order valence-corrected chi connectivity index (χ4v) is 4.83. The molecule has 1 amide bonds. The minimum absolute atomic E-state index is 0.114. The van der Waals surface area contributed by atoms with E-state index in [1.54, 1.807) is 18.3 Å². The molecule has 0 spiro atoms. The molecular weight excluding hydrogens is 452 g/mol. The summed E-state index contributed by atoms with van der Waals surface area (Å²) >= 11 is 1.03. The van der Waals surface area contributed by atoms with Crippen LogP contribution in [0.15, 0.2) is 41.3 Å². The Morgan fingerprint density at radius 3 is 2.84 bits per heavy atom. The van der Waals surface area contributed by atoms with Crippen LogP contribution >= 0.6 is 11.5 Å². The third-order valence-corrected chi connectivity index (χ3v) is 7.12. The second kappa shape index (κ2) is 10.5. The summed E-state index contributed by atoms with van der Waals surface area (Å²) in [7, 11) is -3.34. The van der Waals surface area contributed by atoms with Gasteiger partial charge in [0.15, 0.2) is 0 Å². The Kier molecular flexibility index (Phi) is 7.70. The van der Waals surface area contributed by atoms with Crippen LogP contribution in [0.5, 0.6) is 5.88 Å². The number of anilines is 1. The number of rotatable bonds is 11. The van der Waals surface area contributed by atoms with Gasteiger partial charge in [-0.1, -0.05) is 6.08 Å². The summed E-state index contributed by atoms with van der Waals surface area (Å²) in [5, 5.41) is 2.81. The average Bonchev–Trinajstić information content (AvgIpc) is 3.55. The summed E-state index contributed by atoms with van der Waals surface area (Å²) in [6.07, 6.45) is 7.71. The molecule has 170 valence electrons. The molecule has 2 aromatic heterocycles. The summed E-state index contributed by atoms with van der Waals surface area (Å²) in [6, 6.07) is 1.60. The molecule has 1 aliphatic carbocycles. The Hall–Kier alpha value is -3.12.